The Bertz CT molecular complexity index is 344. The first-order valence-electron chi connectivity index (χ1n) is 3.65. The maximum atomic E-state index is 11.2. The number of carbonyl (C=O) groups excluding carboxylic acids is 1. The van der Waals surface area contributed by atoms with Crippen molar-refractivity contribution in [1.29, 1.82) is 0 Å². The van der Waals surface area contributed by atoms with Crippen LogP contribution in [0.5, 0.6) is 0 Å². The molecule has 0 bridgehead atoms. The van der Waals surface area contributed by atoms with Crippen LogP contribution in [0.2, 0.25) is 0 Å². The zero-order valence-corrected chi connectivity index (χ0v) is 8.22. The molecule has 0 unspecified atom stereocenters. The summed E-state index contributed by atoms with van der Waals surface area (Å²) in [6, 6.07) is 0. The van der Waals surface area contributed by atoms with Gasteiger partial charge in [-0.1, -0.05) is 6.08 Å². The SMILES string of the molecule is C/C=C(/C(=O)OC)c1csc(N)n1. The van der Waals surface area contributed by atoms with Crippen LogP contribution < -0.4 is 5.73 Å². The van der Waals surface area contributed by atoms with E-state index >= 15 is 0 Å². The highest BCUT2D eigenvalue weighted by atomic mass is 32.1. The van der Waals surface area contributed by atoms with Gasteiger partial charge in [-0.2, -0.15) is 0 Å². The highest BCUT2D eigenvalue weighted by Crippen LogP contribution is 2.19. The molecule has 13 heavy (non-hydrogen) atoms. The maximum absolute atomic E-state index is 11.2. The molecule has 0 saturated heterocycles. The van der Waals surface area contributed by atoms with E-state index in [9.17, 15) is 4.79 Å². The van der Waals surface area contributed by atoms with Gasteiger partial charge in [0.05, 0.1) is 18.4 Å². The third kappa shape index (κ3) is 2.06. The number of allylic oxidation sites excluding steroid dienone is 1. The van der Waals surface area contributed by atoms with E-state index in [-0.39, 0.29) is 0 Å². The van der Waals surface area contributed by atoms with Crippen molar-refractivity contribution in [3.8, 4) is 0 Å². The van der Waals surface area contributed by atoms with Crippen molar-refractivity contribution in [3.05, 3.63) is 17.2 Å². The van der Waals surface area contributed by atoms with Crippen molar-refractivity contribution < 1.29 is 9.53 Å². The molecule has 0 saturated carbocycles. The maximum Gasteiger partial charge on any atom is 0.339 e. The van der Waals surface area contributed by atoms with Gasteiger partial charge in [-0.25, -0.2) is 9.78 Å². The Morgan fingerprint density at radius 3 is 2.85 bits per heavy atom. The van der Waals surface area contributed by atoms with E-state index < -0.39 is 5.97 Å². The molecule has 0 fully saturated rings. The number of nitrogens with two attached hydrogens (primary N) is 1. The Labute approximate surface area is 80.0 Å². The van der Waals surface area contributed by atoms with Gasteiger partial charge in [-0.15, -0.1) is 11.3 Å². The van der Waals surface area contributed by atoms with Gasteiger partial charge in [0.1, 0.15) is 0 Å². The summed E-state index contributed by atoms with van der Waals surface area (Å²) in [5, 5.41) is 2.17. The lowest BCUT2D eigenvalue weighted by Crippen LogP contribution is -2.03. The predicted octanol–water partition coefficient (Wildman–Crippen LogP) is 1.30. The molecule has 0 spiro atoms. The van der Waals surface area contributed by atoms with E-state index in [2.05, 4.69) is 9.72 Å². The van der Waals surface area contributed by atoms with E-state index in [1.165, 1.54) is 18.4 Å². The van der Waals surface area contributed by atoms with Gasteiger partial charge in [0.2, 0.25) is 0 Å². The number of nitrogens with zero attached hydrogens (tertiary/aromatic N) is 1. The summed E-state index contributed by atoms with van der Waals surface area (Å²) in [7, 11) is 1.33. The number of hydrogen-bond donors (Lipinski definition) is 1. The topological polar surface area (TPSA) is 65.2 Å². The Morgan fingerprint density at radius 1 is 1.77 bits per heavy atom. The largest absolute Gasteiger partial charge is 0.465 e. The molecule has 1 aromatic heterocycles. The Morgan fingerprint density at radius 2 is 2.46 bits per heavy atom. The molecule has 1 heterocycles. The number of anilines is 1. The zero-order valence-electron chi connectivity index (χ0n) is 7.40. The molecule has 0 atom stereocenters. The second-order valence-corrected chi connectivity index (χ2v) is 3.15. The zero-order chi connectivity index (χ0) is 9.84. The minimum atomic E-state index is -0.396. The molecule has 70 valence electrons. The van der Waals surface area contributed by atoms with Gasteiger partial charge < -0.3 is 10.5 Å². The minimum absolute atomic E-state index is 0.396. The first-order chi connectivity index (χ1) is 6.19. The average Bonchev–Trinajstić information content (AvgIpc) is 2.53. The molecule has 1 aromatic rings. The summed E-state index contributed by atoms with van der Waals surface area (Å²) in [4.78, 5) is 15.2. The summed E-state index contributed by atoms with van der Waals surface area (Å²) >= 11 is 1.29. The van der Waals surface area contributed by atoms with Crippen molar-refractivity contribution in [2.75, 3.05) is 12.8 Å². The van der Waals surface area contributed by atoms with Gasteiger partial charge in [0.25, 0.3) is 0 Å². The highest BCUT2D eigenvalue weighted by Gasteiger charge is 2.13. The van der Waals surface area contributed by atoms with E-state index in [0.29, 0.717) is 16.4 Å². The normalized spacial score (nSPS) is 11.4. The van der Waals surface area contributed by atoms with Crippen LogP contribution in [-0.2, 0) is 9.53 Å². The third-order valence-corrected chi connectivity index (χ3v) is 2.17. The Balaban J connectivity index is 2.99. The fourth-order valence-electron chi connectivity index (χ4n) is 0.892. The Kier molecular flexibility index (Phi) is 3.02. The van der Waals surface area contributed by atoms with Gasteiger partial charge in [-0.05, 0) is 6.92 Å². The molecule has 4 nitrogen and oxygen atoms in total. The second-order valence-electron chi connectivity index (χ2n) is 2.26. The molecule has 0 aliphatic rings. The van der Waals surface area contributed by atoms with E-state index in [4.69, 9.17) is 5.73 Å². The fraction of sp³-hybridized carbons (Fsp3) is 0.250. The lowest BCUT2D eigenvalue weighted by molar-refractivity contribution is -0.133. The molecule has 0 aliphatic carbocycles. The van der Waals surface area contributed by atoms with Crippen LogP contribution in [0, 0.1) is 0 Å². The van der Waals surface area contributed by atoms with Crippen molar-refractivity contribution in [2.45, 2.75) is 6.92 Å². The summed E-state index contributed by atoms with van der Waals surface area (Å²) in [5.41, 5.74) is 6.45. The number of nitrogen functional groups attached to an aromatic ring is 1. The van der Waals surface area contributed by atoms with E-state index in [1.54, 1.807) is 18.4 Å². The molecule has 5 heteroatoms. The summed E-state index contributed by atoms with van der Waals surface area (Å²) < 4.78 is 4.58. The summed E-state index contributed by atoms with van der Waals surface area (Å²) in [6.45, 7) is 1.75. The summed E-state index contributed by atoms with van der Waals surface area (Å²) in [5.74, 6) is -0.396. The second kappa shape index (κ2) is 4.04. The third-order valence-electron chi connectivity index (χ3n) is 1.49. The molecule has 1 rings (SSSR count). The van der Waals surface area contributed by atoms with Crippen LogP contribution in [0.1, 0.15) is 12.6 Å². The van der Waals surface area contributed by atoms with Crippen LogP contribution in [0.15, 0.2) is 11.5 Å². The van der Waals surface area contributed by atoms with Crippen LogP contribution in [0.4, 0.5) is 5.13 Å². The highest BCUT2D eigenvalue weighted by molar-refractivity contribution is 7.13. The lowest BCUT2D eigenvalue weighted by atomic mass is 10.2. The van der Waals surface area contributed by atoms with Crippen molar-refractivity contribution in [1.82, 2.24) is 4.98 Å². The number of rotatable bonds is 2. The number of esters is 1. The minimum Gasteiger partial charge on any atom is -0.465 e. The molecule has 0 aliphatic heterocycles. The number of ether oxygens (including phenoxy) is 1. The molecule has 0 amide bonds. The van der Waals surface area contributed by atoms with Gasteiger partial charge >= 0.3 is 5.97 Å². The Hall–Kier alpha value is -1.36. The quantitative estimate of drug-likeness (QED) is 0.574. The smallest absolute Gasteiger partial charge is 0.339 e. The number of hydrogen-bond acceptors (Lipinski definition) is 5. The number of thiazole rings is 1. The van der Waals surface area contributed by atoms with E-state index in [0.717, 1.165) is 0 Å². The first kappa shape index (κ1) is 9.73. The number of aromatic nitrogens is 1. The number of methoxy groups -OCH3 is 1. The van der Waals surface area contributed by atoms with Gasteiger partial charge in [0, 0.05) is 5.38 Å². The lowest BCUT2D eigenvalue weighted by Gasteiger charge is -1.99. The summed E-state index contributed by atoms with van der Waals surface area (Å²) in [6.07, 6.45) is 1.65. The van der Waals surface area contributed by atoms with Crippen molar-refractivity contribution in [2.24, 2.45) is 0 Å². The van der Waals surface area contributed by atoms with Crippen LogP contribution >= 0.6 is 11.3 Å². The fourth-order valence-corrected chi connectivity index (χ4v) is 1.45. The standard InChI is InChI=1S/C8H10N2O2S/c1-3-5(7(11)12-2)6-4-13-8(9)10-6/h3-4H,1-2H3,(H2,9,10)/b5-3+. The van der Waals surface area contributed by atoms with Gasteiger partial charge in [0.15, 0.2) is 5.13 Å². The monoisotopic (exact) mass is 198 g/mol. The van der Waals surface area contributed by atoms with Crippen LogP contribution in [0.25, 0.3) is 5.57 Å². The van der Waals surface area contributed by atoms with Crippen molar-refractivity contribution in [3.63, 3.8) is 0 Å². The van der Waals surface area contributed by atoms with Crippen LogP contribution in [0.3, 0.4) is 0 Å². The van der Waals surface area contributed by atoms with E-state index in [1.807, 2.05) is 0 Å². The van der Waals surface area contributed by atoms with Crippen LogP contribution in [-0.4, -0.2) is 18.1 Å². The molecular weight excluding hydrogens is 188 g/mol. The van der Waals surface area contributed by atoms with Crippen molar-refractivity contribution >= 4 is 28.0 Å². The molecule has 0 aromatic carbocycles. The van der Waals surface area contributed by atoms with Gasteiger partial charge in [-0.3, -0.25) is 0 Å². The molecular formula is C8H10N2O2S. The molecule has 0 radical (unpaired) electrons. The first-order valence-corrected chi connectivity index (χ1v) is 4.53. The predicted molar refractivity (Wildman–Crippen MR) is 52.2 cm³/mol. The number of carbonyl (C=O) groups is 1. The molecule has 2 N–H and O–H groups in total. The average molecular weight is 198 g/mol.